The Balaban J connectivity index is 0.000000166. The fourth-order valence-electron chi connectivity index (χ4n) is 3.47. The molecule has 4 nitrogen and oxygen atoms in total. The Labute approximate surface area is 173 Å². The molecule has 0 bridgehead atoms. The highest BCUT2D eigenvalue weighted by Crippen LogP contribution is 2.44. The Morgan fingerprint density at radius 3 is 2.38 bits per heavy atom. The lowest BCUT2D eigenvalue weighted by molar-refractivity contribution is 0.0691. The molecule has 0 radical (unpaired) electrons. The molecule has 0 aromatic heterocycles. The molecule has 0 unspecified atom stereocenters. The van der Waals surface area contributed by atoms with Gasteiger partial charge in [-0.05, 0) is 74.0 Å². The number of benzene rings is 2. The highest BCUT2D eigenvalue weighted by molar-refractivity contribution is 6.31. The number of likely N-dealkylation sites (tertiary alicyclic amines) is 1. The van der Waals surface area contributed by atoms with Crippen molar-refractivity contribution >= 4 is 17.6 Å². The van der Waals surface area contributed by atoms with Crippen molar-refractivity contribution in [2.45, 2.75) is 44.6 Å². The summed E-state index contributed by atoms with van der Waals surface area (Å²) in [6.07, 6.45) is 5.71. The molecule has 4 rings (SSSR count). The van der Waals surface area contributed by atoms with Gasteiger partial charge in [0.2, 0.25) is 0 Å². The Morgan fingerprint density at radius 2 is 1.79 bits per heavy atom. The summed E-state index contributed by atoms with van der Waals surface area (Å²) in [7, 11) is 0. The first-order valence-corrected chi connectivity index (χ1v) is 10.1. The molecule has 29 heavy (non-hydrogen) atoms. The monoisotopic (exact) mass is 423 g/mol. The van der Waals surface area contributed by atoms with Gasteiger partial charge in [-0.3, -0.25) is 4.90 Å². The lowest BCUT2D eigenvalue weighted by Crippen LogP contribution is -2.29. The van der Waals surface area contributed by atoms with Crippen LogP contribution in [0.25, 0.3) is 0 Å². The minimum absolute atomic E-state index is 0.144. The number of phenolic OH excluding ortho intramolecular Hbond substituents is 1. The van der Waals surface area contributed by atoms with Crippen molar-refractivity contribution < 1.29 is 23.8 Å². The van der Waals surface area contributed by atoms with E-state index in [1.807, 2.05) is 0 Å². The number of aromatic carboxylic acids is 1. The van der Waals surface area contributed by atoms with Crippen LogP contribution in [0.1, 0.15) is 59.5 Å². The van der Waals surface area contributed by atoms with E-state index in [1.54, 1.807) is 6.07 Å². The van der Waals surface area contributed by atoms with Crippen molar-refractivity contribution in [3.63, 3.8) is 0 Å². The number of rotatable bonds is 4. The molecule has 0 amide bonds. The average molecular weight is 424 g/mol. The van der Waals surface area contributed by atoms with Gasteiger partial charge in [0.25, 0.3) is 0 Å². The summed E-state index contributed by atoms with van der Waals surface area (Å²) >= 11 is 5.98. The second-order valence-electron chi connectivity index (χ2n) is 7.54. The number of phenols is 1. The number of hydrogen-bond acceptors (Lipinski definition) is 3. The molecule has 2 aromatic rings. The zero-order valence-electron chi connectivity index (χ0n) is 16.0. The van der Waals surface area contributed by atoms with E-state index in [0.717, 1.165) is 44.1 Å². The van der Waals surface area contributed by atoms with Gasteiger partial charge in [0.15, 0.2) is 0 Å². The fourth-order valence-corrected chi connectivity index (χ4v) is 3.70. The maximum absolute atomic E-state index is 13.0. The number of carbonyl (C=O) groups is 1. The van der Waals surface area contributed by atoms with Crippen LogP contribution >= 0.6 is 11.6 Å². The van der Waals surface area contributed by atoms with Gasteiger partial charge in [0.05, 0.1) is 5.56 Å². The minimum atomic E-state index is -1.30. The van der Waals surface area contributed by atoms with Gasteiger partial charge in [-0.25, -0.2) is 13.6 Å². The van der Waals surface area contributed by atoms with E-state index < -0.39 is 11.8 Å². The van der Waals surface area contributed by atoms with Gasteiger partial charge in [0.1, 0.15) is 17.4 Å². The molecule has 2 N–H and O–H groups in total. The molecule has 7 heteroatoms. The third-order valence-electron chi connectivity index (χ3n) is 5.22. The fraction of sp³-hybridized carbons (Fsp3) is 0.409. The van der Waals surface area contributed by atoms with Crippen LogP contribution in [0.15, 0.2) is 30.3 Å². The zero-order valence-corrected chi connectivity index (χ0v) is 16.8. The van der Waals surface area contributed by atoms with Crippen LogP contribution in [0.4, 0.5) is 8.78 Å². The Bertz CT molecular complexity index is 881. The topological polar surface area (TPSA) is 60.8 Å². The third-order valence-corrected chi connectivity index (χ3v) is 5.57. The summed E-state index contributed by atoms with van der Waals surface area (Å²) in [5, 5.41) is 18.6. The SMILES string of the molecule is Fc1ccc(CN2CCCCC2)c(Cl)c1.O=C(O)c1cc(C2CC2)c(O)cc1F. The van der Waals surface area contributed by atoms with E-state index in [9.17, 15) is 18.7 Å². The number of halogens is 3. The molecular formula is C22H24ClF2NO3. The number of hydrogen-bond donors (Lipinski definition) is 2. The van der Waals surface area contributed by atoms with Gasteiger partial charge >= 0.3 is 5.97 Å². The molecule has 1 aliphatic heterocycles. The van der Waals surface area contributed by atoms with E-state index in [0.29, 0.717) is 10.6 Å². The number of carboxylic acids is 1. The minimum Gasteiger partial charge on any atom is -0.508 e. The smallest absolute Gasteiger partial charge is 0.338 e. The molecule has 156 valence electrons. The summed E-state index contributed by atoms with van der Waals surface area (Å²) in [5.74, 6) is -2.39. The molecule has 2 aliphatic rings. The Kier molecular flexibility index (Phi) is 7.09. The molecule has 1 saturated carbocycles. The second-order valence-corrected chi connectivity index (χ2v) is 7.95. The summed E-state index contributed by atoms with van der Waals surface area (Å²) < 4.78 is 25.9. The van der Waals surface area contributed by atoms with Crippen molar-refractivity contribution in [1.82, 2.24) is 4.90 Å². The lowest BCUT2D eigenvalue weighted by Gasteiger charge is -2.26. The van der Waals surface area contributed by atoms with Gasteiger partial charge in [-0.1, -0.05) is 24.1 Å². The predicted octanol–water partition coefficient (Wildman–Crippen LogP) is 5.57. The van der Waals surface area contributed by atoms with E-state index >= 15 is 0 Å². The molecular weight excluding hydrogens is 400 g/mol. The first-order valence-electron chi connectivity index (χ1n) is 9.77. The quantitative estimate of drug-likeness (QED) is 0.674. The van der Waals surface area contributed by atoms with Crippen LogP contribution < -0.4 is 0 Å². The van der Waals surface area contributed by atoms with E-state index in [2.05, 4.69) is 4.90 Å². The lowest BCUT2D eigenvalue weighted by atomic mass is 10.1. The van der Waals surface area contributed by atoms with Crippen molar-refractivity contribution in [2.75, 3.05) is 13.1 Å². The number of piperidine rings is 1. The van der Waals surface area contributed by atoms with Crippen molar-refractivity contribution in [1.29, 1.82) is 0 Å². The number of carboxylic acid groups (broad SMARTS) is 1. The van der Waals surface area contributed by atoms with Gasteiger partial charge < -0.3 is 10.2 Å². The first kappa shape index (κ1) is 21.5. The summed E-state index contributed by atoms with van der Waals surface area (Å²) in [4.78, 5) is 13.0. The van der Waals surface area contributed by atoms with Gasteiger partial charge in [-0.15, -0.1) is 0 Å². The van der Waals surface area contributed by atoms with Crippen LogP contribution in [0, 0.1) is 11.6 Å². The standard InChI is InChI=1S/C12H15ClFN.C10H9FO3/c13-12-8-11(14)5-4-10(12)9-15-6-2-1-3-7-15;11-8-4-9(12)6(5-1-2-5)3-7(8)10(13)14/h4-5,8H,1-3,6-7,9H2;3-5,12H,1-2H2,(H,13,14). The highest BCUT2D eigenvalue weighted by Gasteiger charge is 2.28. The average Bonchev–Trinajstić information content (AvgIpc) is 3.50. The van der Waals surface area contributed by atoms with Crippen molar-refractivity contribution in [2.24, 2.45) is 0 Å². The van der Waals surface area contributed by atoms with E-state index in [4.69, 9.17) is 16.7 Å². The summed E-state index contributed by atoms with van der Waals surface area (Å²) in [5.41, 5.74) is 1.20. The molecule has 2 fully saturated rings. The molecule has 1 aliphatic carbocycles. The van der Waals surface area contributed by atoms with E-state index in [1.165, 1.54) is 37.5 Å². The van der Waals surface area contributed by atoms with Crippen LogP contribution in [0.2, 0.25) is 5.02 Å². The maximum atomic E-state index is 13.0. The first-order chi connectivity index (χ1) is 13.8. The van der Waals surface area contributed by atoms with Crippen molar-refractivity contribution in [3.8, 4) is 5.75 Å². The molecule has 1 heterocycles. The zero-order chi connectivity index (χ0) is 21.0. The number of nitrogens with zero attached hydrogens (tertiary/aromatic N) is 1. The van der Waals surface area contributed by atoms with Gasteiger partial charge in [0, 0.05) is 17.6 Å². The molecule has 1 saturated heterocycles. The normalized spacial score (nSPS) is 16.8. The largest absolute Gasteiger partial charge is 0.508 e. The third kappa shape index (κ3) is 5.90. The van der Waals surface area contributed by atoms with Crippen LogP contribution in [-0.2, 0) is 6.54 Å². The molecule has 0 atom stereocenters. The molecule has 0 spiro atoms. The second kappa shape index (κ2) is 9.55. The highest BCUT2D eigenvalue weighted by atomic mass is 35.5. The Hall–Kier alpha value is -2.18. The Morgan fingerprint density at radius 1 is 1.10 bits per heavy atom. The van der Waals surface area contributed by atoms with Gasteiger partial charge in [-0.2, -0.15) is 0 Å². The van der Waals surface area contributed by atoms with Crippen molar-refractivity contribution in [3.05, 3.63) is 63.7 Å². The van der Waals surface area contributed by atoms with Crippen LogP contribution in [0.5, 0.6) is 5.75 Å². The predicted molar refractivity (Wildman–Crippen MR) is 108 cm³/mol. The number of aromatic hydroxyl groups is 1. The van der Waals surface area contributed by atoms with E-state index in [-0.39, 0.29) is 23.0 Å². The summed E-state index contributed by atoms with van der Waals surface area (Å²) in [6.45, 7) is 3.11. The summed E-state index contributed by atoms with van der Waals surface area (Å²) in [6, 6.07) is 6.75. The van der Waals surface area contributed by atoms with Crippen LogP contribution in [-0.4, -0.2) is 34.2 Å². The van der Waals surface area contributed by atoms with Crippen LogP contribution in [0.3, 0.4) is 0 Å². The maximum Gasteiger partial charge on any atom is 0.338 e. The molecule has 2 aromatic carbocycles.